The average Bonchev–Trinajstić information content (AvgIpc) is 2.47. The molecule has 2 unspecified atom stereocenters. The Morgan fingerprint density at radius 2 is 2.15 bits per heavy atom. The molecule has 0 radical (unpaired) electrons. The summed E-state index contributed by atoms with van der Waals surface area (Å²) >= 11 is 1.84. The lowest BCUT2D eigenvalue weighted by molar-refractivity contribution is -0.123. The van der Waals surface area contributed by atoms with Crippen LogP contribution in [0.25, 0.3) is 0 Å². The highest BCUT2D eigenvalue weighted by atomic mass is 32.2. The lowest BCUT2D eigenvalue weighted by atomic mass is 9.95. The number of nitrogen functional groups attached to an aromatic ring is 1. The molecular weight excluding hydrogens is 272 g/mol. The molecule has 20 heavy (non-hydrogen) atoms. The lowest BCUT2D eigenvalue weighted by Gasteiger charge is -2.30. The molecule has 0 aliphatic heterocycles. The summed E-state index contributed by atoms with van der Waals surface area (Å²) in [6, 6.07) is 7.48. The molecule has 1 aliphatic carbocycles. The first-order valence-electron chi connectivity index (χ1n) is 7.00. The van der Waals surface area contributed by atoms with Crippen LogP contribution < -0.4 is 15.8 Å². The van der Waals surface area contributed by atoms with E-state index in [-0.39, 0.29) is 18.6 Å². The van der Waals surface area contributed by atoms with E-state index < -0.39 is 0 Å². The Balaban J connectivity index is 1.82. The third-order valence-corrected chi connectivity index (χ3v) is 4.80. The smallest absolute Gasteiger partial charge is 0.258 e. The molecule has 0 aromatic heterocycles. The van der Waals surface area contributed by atoms with Gasteiger partial charge in [0.15, 0.2) is 6.61 Å². The van der Waals surface area contributed by atoms with Crippen molar-refractivity contribution in [3.05, 3.63) is 24.3 Å². The number of benzene rings is 1. The summed E-state index contributed by atoms with van der Waals surface area (Å²) < 4.78 is 5.47. The summed E-state index contributed by atoms with van der Waals surface area (Å²) in [7, 11) is 0. The molecule has 5 heteroatoms. The van der Waals surface area contributed by atoms with E-state index in [1.807, 2.05) is 23.9 Å². The second-order valence-electron chi connectivity index (χ2n) is 5.06. The van der Waals surface area contributed by atoms with Crippen LogP contribution in [0.2, 0.25) is 0 Å². The van der Waals surface area contributed by atoms with Crippen LogP contribution in [0.1, 0.15) is 25.7 Å². The van der Waals surface area contributed by atoms with E-state index in [0.29, 0.717) is 16.7 Å². The first-order valence-corrected chi connectivity index (χ1v) is 8.29. The molecule has 1 aromatic rings. The third kappa shape index (κ3) is 4.07. The fraction of sp³-hybridized carbons (Fsp3) is 0.533. The van der Waals surface area contributed by atoms with Gasteiger partial charge in [-0.15, -0.1) is 0 Å². The number of hydrogen-bond acceptors (Lipinski definition) is 4. The van der Waals surface area contributed by atoms with Gasteiger partial charge in [-0.3, -0.25) is 4.79 Å². The summed E-state index contributed by atoms with van der Waals surface area (Å²) in [5.41, 5.74) is 6.33. The van der Waals surface area contributed by atoms with Crippen LogP contribution in [0.5, 0.6) is 5.75 Å². The maximum atomic E-state index is 12.0. The molecule has 0 bridgehead atoms. The molecule has 2 atom stereocenters. The van der Waals surface area contributed by atoms with Crippen molar-refractivity contribution < 1.29 is 9.53 Å². The van der Waals surface area contributed by atoms with E-state index in [1.54, 1.807) is 12.1 Å². The normalized spacial score (nSPS) is 22.2. The fourth-order valence-electron chi connectivity index (χ4n) is 2.55. The second kappa shape index (κ2) is 7.43. The SMILES string of the molecule is CSC1CCCCC1NC(=O)COc1ccccc1N. The zero-order chi connectivity index (χ0) is 14.4. The number of anilines is 1. The van der Waals surface area contributed by atoms with Crippen LogP contribution in [0.15, 0.2) is 24.3 Å². The molecule has 3 N–H and O–H groups in total. The van der Waals surface area contributed by atoms with Gasteiger partial charge in [-0.2, -0.15) is 11.8 Å². The summed E-state index contributed by atoms with van der Waals surface area (Å²) in [4.78, 5) is 12.0. The maximum absolute atomic E-state index is 12.0. The molecule has 1 fully saturated rings. The number of amides is 1. The molecule has 2 rings (SSSR count). The highest BCUT2D eigenvalue weighted by Gasteiger charge is 2.25. The summed E-state index contributed by atoms with van der Waals surface area (Å²) in [5.74, 6) is 0.493. The van der Waals surface area contributed by atoms with Crippen molar-refractivity contribution in [3.8, 4) is 5.75 Å². The summed E-state index contributed by atoms with van der Waals surface area (Å²) in [5, 5.41) is 3.61. The molecule has 110 valence electrons. The molecular formula is C15H22N2O2S. The number of ether oxygens (including phenoxy) is 1. The van der Waals surface area contributed by atoms with E-state index in [9.17, 15) is 4.79 Å². The first-order chi connectivity index (χ1) is 9.70. The summed E-state index contributed by atoms with van der Waals surface area (Å²) in [6.07, 6.45) is 6.79. The highest BCUT2D eigenvalue weighted by Crippen LogP contribution is 2.27. The van der Waals surface area contributed by atoms with Crippen molar-refractivity contribution in [2.24, 2.45) is 0 Å². The van der Waals surface area contributed by atoms with E-state index >= 15 is 0 Å². The van der Waals surface area contributed by atoms with Gasteiger partial charge in [0, 0.05) is 11.3 Å². The van der Waals surface area contributed by atoms with Crippen LogP contribution >= 0.6 is 11.8 Å². The highest BCUT2D eigenvalue weighted by molar-refractivity contribution is 7.99. The maximum Gasteiger partial charge on any atom is 0.258 e. The monoisotopic (exact) mass is 294 g/mol. The van der Waals surface area contributed by atoms with Gasteiger partial charge in [0.2, 0.25) is 0 Å². The van der Waals surface area contributed by atoms with E-state index in [4.69, 9.17) is 10.5 Å². The predicted octanol–water partition coefficient (Wildman–Crippen LogP) is 2.44. The van der Waals surface area contributed by atoms with Gasteiger partial charge in [0.1, 0.15) is 5.75 Å². The van der Waals surface area contributed by atoms with Crippen molar-refractivity contribution in [2.45, 2.75) is 37.0 Å². The molecule has 4 nitrogen and oxygen atoms in total. The predicted molar refractivity (Wildman–Crippen MR) is 84.1 cm³/mol. The van der Waals surface area contributed by atoms with Crippen molar-refractivity contribution in [2.75, 3.05) is 18.6 Å². The number of para-hydroxylation sites is 2. The number of carbonyl (C=O) groups is 1. The lowest BCUT2D eigenvalue weighted by Crippen LogP contribution is -2.45. The molecule has 0 heterocycles. The minimum absolute atomic E-state index is 0.0197. The molecule has 0 saturated heterocycles. The van der Waals surface area contributed by atoms with Gasteiger partial charge in [-0.05, 0) is 31.2 Å². The number of thioether (sulfide) groups is 1. The molecule has 0 spiro atoms. The number of nitrogens with two attached hydrogens (primary N) is 1. The Hall–Kier alpha value is -1.36. The van der Waals surface area contributed by atoms with Gasteiger partial charge < -0.3 is 15.8 Å². The Kier molecular flexibility index (Phi) is 5.59. The topological polar surface area (TPSA) is 64.3 Å². The van der Waals surface area contributed by atoms with Crippen LogP contribution in [0, 0.1) is 0 Å². The number of nitrogens with one attached hydrogen (secondary N) is 1. The summed E-state index contributed by atoms with van der Waals surface area (Å²) in [6.45, 7) is 0.0197. The van der Waals surface area contributed by atoms with E-state index in [0.717, 1.165) is 6.42 Å². The second-order valence-corrected chi connectivity index (χ2v) is 6.14. The van der Waals surface area contributed by atoms with E-state index in [1.165, 1.54) is 19.3 Å². The van der Waals surface area contributed by atoms with Crippen molar-refractivity contribution in [3.63, 3.8) is 0 Å². The molecule has 1 amide bonds. The minimum atomic E-state index is -0.0702. The fourth-order valence-corrected chi connectivity index (χ4v) is 3.48. The van der Waals surface area contributed by atoms with Gasteiger partial charge in [-0.25, -0.2) is 0 Å². The first kappa shape index (κ1) is 15.0. The largest absolute Gasteiger partial charge is 0.482 e. The zero-order valence-corrected chi connectivity index (χ0v) is 12.6. The Labute approximate surface area is 124 Å². The molecule has 1 aliphatic rings. The van der Waals surface area contributed by atoms with Gasteiger partial charge in [0.25, 0.3) is 5.91 Å². The number of rotatable bonds is 5. The minimum Gasteiger partial charge on any atom is -0.482 e. The average molecular weight is 294 g/mol. The third-order valence-electron chi connectivity index (χ3n) is 3.63. The van der Waals surface area contributed by atoms with Crippen molar-refractivity contribution >= 4 is 23.4 Å². The number of hydrogen-bond donors (Lipinski definition) is 2. The van der Waals surface area contributed by atoms with Crippen molar-refractivity contribution in [1.82, 2.24) is 5.32 Å². The Morgan fingerprint density at radius 1 is 1.40 bits per heavy atom. The van der Waals surface area contributed by atoms with Crippen LogP contribution in [0.3, 0.4) is 0 Å². The van der Waals surface area contributed by atoms with Gasteiger partial charge in [0.05, 0.1) is 5.69 Å². The Bertz CT molecular complexity index is 453. The van der Waals surface area contributed by atoms with Crippen LogP contribution in [-0.4, -0.2) is 30.1 Å². The van der Waals surface area contributed by atoms with Crippen molar-refractivity contribution in [1.29, 1.82) is 0 Å². The zero-order valence-electron chi connectivity index (χ0n) is 11.8. The Morgan fingerprint density at radius 3 is 2.90 bits per heavy atom. The van der Waals surface area contributed by atoms with Gasteiger partial charge in [-0.1, -0.05) is 25.0 Å². The standard InChI is InChI=1S/C15H22N2O2S/c1-20-14-9-5-3-7-12(14)17-15(18)10-19-13-8-4-2-6-11(13)16/h2,4,6,8,12,14H,3,5,7,9-10,16H2,1H3,(H,17,18). The van der Waals surface area contributed by atoms with Gasteiger partial charge >= 0.3 is 0 Å². The van der Waals surface area contributed by atoms with Crippen LogP contribution in [-0.2, 0) is 4.79 Å². The quantitative estimate of drug-likeness (QED) is 0.819. The molecule has 1 saturated carbocycles. The number of carbonyl (C=O) groups excluding carboxylic acids is 1. The van der Waals surface area contributed by atoms with E-state index in [2.05, 4.69) is 11.6 Å². The van der Waals surface area contributed by atoms with Crippen LogP contribution in [0.4, 0.5) is 5.69 Å². The molecule has 1 aromatic carbocycles.